The zero-order valence-corrected chi connectivity index (χ0v) is 60.2. The molecule has 0 aliphatic rings. The molecule has 0 aliphatic heterocycles. The summed E-state index contributed by atoms with van der Waals surface area (Å²) >= 11 is 0. The van der Waals surface area contributed by atoms with Crippen molar-refractivity contribution in [3.63, 3.8) is 0 Å². The lowest BCUT2D eigenvalue weighted by atomic mass is 10.0. The number of carbonyl (C=O) groups excluding carboxylic acids is 1. The Bertz CT molecular complexity index is 1930. The maximum atomic E-state index is 13.1. The van der Waals surface area contributed by atoms with Gasteiger partial charge in [-0.1, -0.05) is 353 Å². The largest absolute Gasteiger partial charge is 0.756 e. The average Bonchev–Trinajstić information content (AvgIpc) is 3.18. The number of aliphatic hydroxyl groups is 1. The van der Waals surface area contributed by atoms with Crippen LogP contribution in [0.25, 0.3) is 0 Å². The summed E-state index contributed by atoms with van der Waals surface area (Å²) < 4.78 is 23.5. The second kappa shape index (κ2) is 70.0. The van der Waals surface area contributed by atoms with Crippen LogP contribution in [-0.2, 0) is 18.4 Å². The summed E-state index contributed by atoms with van der Waals surface area (Å²) in [5.41, 5.74) is 0. The Labute approximate surface area is 557 Å². The van der Waals surface area contributed by atoms with Crippen LogP contribution in [0.3, 0.4) is 0 Å². The summed E-state index contributed by atoms with van der Waals surface area (Å²) in [5, 5.41) is 14.1. The van der Waals surface area contributed by atoms with Gasteiger partial charge in [-0.05, 0) is 96.3 Å². The molecule has 0 heterocycles. The molecular formula is C81H143N2O6P. The van der Waals surface area contributed by atoms with Crippen molar-refractivity contribution in [2.45, 2.75) is 334 Å². The third-order valence-electron chi connectivity index (χ3n) is 16.4. The van der Waals surface area contributed by atoms with Crippen LogP contribution in [0.2, 0.25) is 0 Å². The van der Waals surface area contributed by atoms with Crippen molar-refractivity contribution in [3.8, 4) is 0 Å². The molecule has 0 aromatic heterocycles. The van der Waals surface area contributed by atoms with Crippen LogP contribution in [0.1, 0.15) is 322 Å². The molecule has 0 rings (SSSR count). The van der Waals surface area contributed by atoms with Crippen molar-refractivity contribution in [2.75, 3.05) is 40.9 Å². The van der Waals surface area contributed by atoms with Crippen LogP contribution in [-0.4, -0.2) is 68.5 Å². The van der Waals surface area contributed by atoms with Crippen LogP contribution in [0.5, 0.6) is 0 Å². The van der Waals surface area contributed by atoms with E-state index in [0.717, 1.165) is 116 Å². The molecular weight excluding hydrogens is 1130 g/mol. The molecule has 0 saturated carbocycles. The highest BCUT2D eigenvalue weighted by molar-refractivity contribution is 7.45. The Kier molecular flexibility index (Phi) is 67.4. The summed E-state index contributed by atoms with van der Waals surface area (Å²) in [6.45, 7) is 4.60. The maximum Gasteiger partial charge on any atom is 0.268 e. The number of phosphoric ester groups is 1. The number of aliphatic hydroxyl groups excluding tert-OH is 1. The Hall–Kier alpha value is -3.36. The van der Waals surface area contributed by atoms with Crippen molar-refractivity contribution in [3.05, 3.63) is 134 Å². The summed E-state index contributed by atoms with van der Waals surface area (Å²) in [7, 11) is 1.27. The van der Waals surface area contributed by atoms with E-state index in [4.69, 9.17) is 9.05 Å². The Morgan fingerprint density at radius 3 is 0.978 bits per heavy atom. The molecule has 9 heteroatoms. The standard InChI is InChI=1S/C81H143N2O6P/c1-6-8-10-12-14-16-18-20-22-24-26-28-30-32-34-36-38-39-40-41-42-43-45-47-49-51-53-55-57-59-61-63-65-67-69-71-73-75-81(85)82-79(78-89-90(86,87)88-77-76-83(3,4)5)80(84)74-72-70-68-66-64-62-60-58-56-54-52-50-48-46-44-37-35-33-31-29-27-25-23-21-19-17-15-13-11-9-7-2/h8,10,14,16,20,22,26,28,32,34,38-39,41-42,45,47,51,53,57,59,63,65,79-80,84H,6-7,9,11-13,15,17-19,21,23-25,27,29-31,33,35-37,40,43-44,46,48-50,52,54-56,58,60-62,64,66-78H2,1-5H3,(H-,82,85,86,87)/b10-8-,16-14-,22-20-,28-26-,34-32-,39-38-,42-41-,47-45-,53-51-,59-57-,65-63-. The highest BCUT2D eigenvalue weighted by Crippen LogP contribution is 2.38. The first-order valence-corrected chi connectivity index (χ1v) is 39.0. The monoisotopic (exact) mass is 1270 g/mol. The number of rotatable bonds is 68. The van der Waals surface area contributed by atoms with E-state index in [1.165, 1.54) is 180 Å². The van der Waals surface area contributed by atoms with Crippen LogP contribution in [0.4, 0.5) is 0 Å². The van der Waals surface area contributed by atoms with Crippen LogP contribution in [0.15, 0.2) is 134 Å². The van der Waals surface area contributed by atoms with Gasteiger partial charge in [0.05, 0.1) is 39.9 Å². The first kappa shape index (κ1) is 86.6. The normalized spacial score (nSPS) is 14.3. The van der Waals surface area contributed by atoms with E-state index in [0.29, 0.717) is 23.9 Å². The highest BCUT2D eigenvalue weighted by atomic mass is 31.2. The molecule has 90 heavy (non-hydrogen) atoms. The fourth-order valence-corrected chi connectivity index (χ4v) is 11.4. The maximum absolute atomic E-state index is 13.1. The molecule has 3 atom stereocenters. The average molecular weight is 1270 g/mol. The molecule has 0 fully saturated rings. The van der Waals surface area contributed by atoms with E-state index >= 15 is 0 Å². The minimum absolute atomic E-state index is 0.00115. The van der Waals surface area contributed by atoms with Gasteiger partial charge in [0.15, 0.2) is 0 Å². The fourth-order valence-electron chi connectivity index (χ4n) is 10.6. The predicted octanol–water partition coefficient (Wildman–Crippen LogP) is 23.9. The highest BCUT2D eigenvalue weighted by Gasteiger charge is 2.24. The van der Waals surface area contributed by atoms with Gasteiger partial charge in [-0.3, -0.25) is 9.36 Å². The minimum atomic E-state index is -4.60. The number of unbranched alkanes of at least 4 members (excludes halogenated alkanes) is 33. The number of hydrogen-bond acceptors (Lipinski definition) is 6. The van der Waals surface area contributed by atoms with Crippen molar-refractivity contribution >= 4 is 13.7 Å². The second-order valence-electron chi connectivity index (χ2n) is 26.3. The molecule has 3 unspecified atom stereocenters. The second-order valence-corrected chi connectivity index (χ2v) is 27.7. The lowest BCUT2D eigenvalue weighted by Crippen LogP contribution is -2.46. The number of carbonyl (C=O) groups is 1. The number of nitrogens with zero attached hydrogens (tertiary/aromatic N) is 1. The van der Waals surface area contributed by atoms with Gasteiger partial charge < -0.3 is 28.8 Å². The zero-order valence-electron chi connectivity index (χ0n) is 59.3. The van der Waals surface area contributed by atoms with Crippen LogP contribution >= 0.6 is 7.82 Å². The van der Waals surface area contributed by atoms with E-state index < -0.39 is 20.0 Å². The smallest absolute Gasteiger partial charge is 0.268 e. The third kappa shape index (κ3) is 72.1. The van der Waals surface area contributed by atoms with E-state index in [1.54, 1.807) is 0 Å². The number of allylic oxidation sites excluding steroid dienone is 22. The third-order valence-corrected chi connectivity index (χ3v) is 17.4. The summed E-state index contributed by atoms with van der Waals surface area (Å²) in [5.74, 6) is -0.198. The lowest BCUT2D eigenvalue weighted by molar-refractivity contribution is -0.870. The first-order valence-electron chi connectivity index (χ1n) is 37.5. The predicted molar refractivity (Wildman–Crippen MR) is 394 cm³/mol. The zero-order chi connectivity index (χ0) is 65.5. The van der Waals surface area contributed by atoms with Gasteiger partial charge in [-0.2, -0.15) is 0 Å². The number of amides is 1. The van der Waals surface area contributed by atoms with E-state index in [9.17, 15) is 19.4 Å². The van der Waals surface area contributed by atoms with Gasteiger partial charge in [-0.15, -0.1) is 0 Å². The Morgan fingerprint density at radius 2 is 0.678 bits per heavy atom. The van der Waals surface area contributed by atoms with E-state index in [2.05, 4.69) is 153 Å². The molecule has 0 spiro atoms. The summed E-state index contributed by atoms with van der Waals surface area (Å²) in [4.78, 5) is 25.7. The van der Waals surface area contributed by atoms with Crippen molar-refractivity contribution < 1.29 is 32.9 Å². The summed E-state index contributed by atoms with van der Waals surface area (Å²) in [6.07, 6.45) is 105. The van der Waals surface area contributed by atoms with Gasteiger partial charge in [-0.25, -0.2) is 0 Å². The number of hydrogen-bond donors (Lipinski definition) is 2. The Morgan fingerprint density at radius 1 is 0.400 bits per heavy atom. The van der Waals surface area contributed by atoms with Crippen molar-refractivity contribution in [1.29, 1.82) is 0 Å². The van der Waals surface area contributed by atoms with E-state index in [1.807, 2.05) is 21.1 Å². The molecule has 2 N–H and O–H groups in total. The van der Waals surface area contributed by atoms with Gasteiger partial charge in [0.25, 0.3) is 7.82 Å². The van der Waals surface area contributed by atoms with E-state index in [-0.39, 0.29) is 19.1 Å². The molecule has 1 amide bonds. The molecule has 0 bridgehead atoms. The topological polar surface area (TPSA) is 108 Å². The quantitative estimate of drug-likeness (QED) is 0.0272. The fraction of sp³-hybridized carbons (Fsp3) is 0.716. The molecule has 0 aromatic rings. The number of likely N-dealkylation sites (N-methyl/N-ethyl adjacent to an activating group) is 1. The Balaban J connectivity index is 4.14. The molecule has 0 saturated heterocycles. The number of quaternary nitrogens is 1. The molecule has 0 aliphatic carbocycles. The molecule has 0 radical (unpaired) electrons. The summed E-state index contributed by atoms with van der Waals surface area (Å²) in [6, 6.07) is -0.831. The van der Waals surface area contributed by atoms with Crippen LogP contribution < -0.4 is 10.2 Å². The van der Waals surface area contributed by atoms with Crippen LogP contribution in [0, 0.1) is 0 Å². The van der Waals surface area contributed by atoms with Gasteiger partial charge in [0, 0.05) is 6.42 Å². The molecule has 0 aromatic carbocycles. The number of phosphoric acid groups is 1. The van der Waals surface area contributed by atoms with Gasteiger partial charge in [0.1, 0.15) is 13.2 Å². The van der Waals surface area contributed by atoms with Gasteiger partial charge in [0.2, 0.25) is 5.91 Å². The molecule has 8 nitrogen and oxygen atoms in total. The number of nitrogens with one attached hydrogen (secondary N) is 1. The molecule has 518 valence electrons. The van der Waals surface area contributed by atoms with Crippen molar-refractivity contribution in [1.82, 2.24) is 5.32 Å². The first-order chi connectivity index (χ1) is 44.0. The SMILES string of the molecule is CC/C=C\C/C=C\C/C=C\C/C=C\C/C=C\C/C=C\C/C=C\C/C=C\C/C=C\C/C=C\C/C=C\CCCCCC(=O)NC(COP(=O)([O-])OCC[N+](C)(C)C)C(O)CCCCCCCCCCCCCCCCCCCCCCCCCCCCCCCCC. The minimum Gasteiger partial charge on any atom is -0.756 e. The van der Waals surface area contributed by atoms with Crippen molar-refractivity contribution in [2.24, 2.45) is 0 Å². The van der Waals surface area contributed by atoms with Gasteiger partial charge >= 0.3 is 0 Å². The lowest BCUT2D eigenvalue weighted by Gasteiger charge is -2.30.